The van der Waals surface area contributed by atoms with Gasteiger partial charge < -0.3 is 4.90 Å². The van der Waals surface area contributed by atoms with E-state index in [0.29, 0.717) is 0 Å². The van der Waals surface area contributed by atoms with Gasteiger partial charge in [0.2, 0.25) is 0 Å². The van der Waals surface area contributed by atoms with Crippen LogP contribution in [0.3, 0.4) is 0 Å². The third-order valence-corrected chi connectivity index (χ3v) is 1.96. The normalized spacial score (nSPS) is 15.0. The highest BCUT2D eigenvalue weighted by Crippen LogP contribution is 2.17. The molecule has 0 radical (unpaired) electrons. The Kier molecular flexibility index (Phi) is 2.13. The predicted octanol–water partition coefficient (Wildman–Crippen LogP) is 2.72. The molecule has 0 aliphatic carbocycles. The summed E-state index contributed by atoms with van der Waals surface area (Å²) < 4.78 is 12.9. The van der Waals surface area contributed by atoms with Gasteiger partial charge in [0.1, 0.15) is 5.82 Å². The van der Waals surface area contributed by atoms with Crippen molar-refractivity contribution in [2.24, 2.45) is 0 Å². The summed E-state index contributed by atoms with van der Waals surface area (Å²) in [5, 5.41) is 0. The van der Waals surface area contributed by atoms with E-state index in [0.717, 1.165) is 12.2 Å². The average molecular weight is 175 g/mol. The predicted molar refractivity (Wildman–Crippen MR) is 52.0 cm³/mol. The van der Waals surface area contributed by atoms with E-state index in [1.807, 2.05) is 35.4 Å². The zero-order valence-corrected chi connectivity index (χ0v) is 7.15. The Hall–Kier alpha value is -1.57. The molecular weight excluding hydrogens is 165 g/mol. The molecule has 0 amide bonds. The number of hydrogen-bond acceptors (Lipinski definition) is 1. The minimum Gasteiger partial charge on any atom is -0.344 e. The van der Waals surface area contributed by atoms with Gasteiger partial charge in [-0.3, -0.25) is 0 Å². The largest absolute Gasteiger partial charge is 0.344 e. The maximum Gasteiger partial charge on any atom is 0.125 e. The summed E-state index contributed by atoms with van der Waals surface area (Å²) in [6.07, 6.45) is 7.89. The highest BCUT2D eigenvalue weighted by molar-refractivity contribution is 5.51. The highest BCUT2D eigenvalue weighted by Gasteiger charge is 2.03. The van der Waals surface area contributed by atoms with Gasteiger partial charge in [0.25, 0.3) is 0 Å². The summed E-state index contributed by atoms with van der Waals surface area (Å²) in [5.74, 6) is -0.194. The monoisotopic (exact) mass is 175 g/mol. The molecule has 2 rings (SSSR count). The molecule has 0 spiro atoms. The molecule has 0 saturated heterocycles. The Bertz CT molecular complexity index is 355. The van der Waals surface area contributed by atoms with Crippen LogP contribution in [0.5, 0.6) is 0 Å². The van der Waals surface area contributed by atoms with Crippen molar-refractivity contribution in [3.05, 3.63) is 54.5 Å². The molecule has 0 fully saturated rings. The van der Waals surface area contributed by atoms with E-state index >= 15 is 0 Å². The Labute approximate surface area is 76.8 Å². The first-order valence-electron chi connectivity index (χ1n) is 4.22. The summed E-state index contributed by atoms with van der Waals surface area (Å²) in [6.45, 7) is 0.806. The van der Waals surface area contributed by atoms with E-state index in [1.165, 1.54) is 12.1 Å². The fraction of sp³-hybridized carbons (Fsp3) is 0.0909. The molecule has 1 aliphatic heterocycles. The summed E-state index contributed by atoms with van der Waals surface area (Å²) in [7, 11) is 0. The van der Waals surface area contributed by atoms with Crippen LogP contribution in [0.15, 0.2) is 48.7 Å². The maximum atomic E-state index is 12.9. The van der Waals surface area contributed by atoms with Crippen LogP contribution in [0, 0.1) is 5.82 Å². The minimum atomic E-state index is -0.194. The molecule has 0 unspecified atom stereocenters. The maximum absolute atomic E-state index is 12.9. The molecule has 0 bridgehead atoms. The van der Waals surface area contributed by atoms with E-state index in [4.69, 9.17) is 0 Å². The molecular formula is C11H10FN. The average Bonchev–Trinajstić information content (AvgIpc) is 2.19. The molecule has 1 nitrogen and oxygen atoms in total. The lowest BCUT2D eigenvalue weighted by molar-refractivity contribution is 0.627. The first-order valence-corrected chi connectivity index (χ1v) is 4.22. The summed E-state index contributed by atoms with van der Waals surface area (Å²) >= 11 is 0. The molecule has 1 aromatic carbocycles. The van der Waals surface area contributed by atoms with Crippen molar-refractivity contribution in [2.75, 3.05) is 11.4 Å². The molecule has 0 atom stereocenters. The number of benzene rings is 1. The third kappa shape index (κ3) is 1.78. The van der Waals surface area contributed by atoms with Crippen LogP contribution in [0.4, 0.5) is 10.1 Å². The van der Waals surface area contributed by atoms with Gasteiger partial charge in [-0.05, 0) is 24.3 Å². The molecule has 0 N–H and O–H groups in total. The molecule has 0 saturated carbocycles. The fourth-order valence-corrected chi connectivity index (χ4v) is 1.31. The number of hydrogen-bond donors (Lipinski definition) is 0. The van der Waals surface area contributed by atoms with Crippen molar-refractivity contribution in [2.45, 2.75) is 0 Å². The highest BCUT2D eigenvalue weighted by atomic mass is 19.1. The topological polar surface area (TPSA) is 3.24 Å². The molecule has 1 aliphatic rings. The van der Waals surface area contributed by atoms with Crippen LogP contribution in [0.25, 0.3) is 0 Å². The van der Waals surface area contributed by atoms with Crippen molar-refractivity contribution in [3.8, 4) is 0 Å². The second-order valence-electron chi connectivity index (χ2n) is 2.90. The van der Waals surface area contributed by atoms with Crippen LogP contribution in [-0.2, 0) is 0 Å². The van der Waals surface area contributed by atoms with E-state index < -0.39 is 0 Å². The SMILES string of the molecule is Fc1cccc(N2C=CC=CC2)c1. The lowest BCUT2D eigenvalue weighted by Crippen LogP contribution is -2.17. The summed E-state index contributed by atoms with van der Waals surface area (Å²) in [5.41, 5.74) is 0.889. The Morgan fingerprint density at radius 2 is 2.15 bits per heavy atom. The van der Waals surface area contributed by atoms with Gasteiger partial charge in [0, 0.05) is 18.4 Å². The van der Waals surface area contributed by atoms with Crippen molar-refractivity contribution < 1.29 is 4.39 Å². The van der Waals surface area contributed by atoms with E-state index in [2.05, 4.69) is 0 Å². The molecule has 66 valence electrons. The molecule has 1 aromatic rings. The van der Waals surface area contributed by atoms with Crippen molar-refractivity contribution >= 4 is 5.69 Å². The van der Waals surface area contributed by atoms with Crippen LogP contribution in [-0.4, -0.2) is 6.54 Å². The number of nitrogens with zero attached hydrogens (tertiary/aromatic N) is 1. The van der Waals surface area contributed by atoms with Gasteiger partial charge in [0.15, 0.2) is 0 Å². The van der Waals surface area contributed by atoms with Crippen LogP contribution in [0.2, 0.25) is 0 Å². The van der Waals surface area contributed by atoms with Gasteiger partial charge >= 0.3 is 0 Å². The number of anilines is 1. The third-order valence-electron chi connectivity index (χ3n) is 1.96. The van der Waals surface area contributed by atoms with Crippen LogP contribution < -0.4 is 4.90 Å². The fourth-order valence-electron chi connectivity index (χ4n) is 1.31. The van der Waals surface area contributed by atoms with Gasteiger partial charge in [-0.25, -0.2) is 4.39 Å². The summed E-state index contributed by atoms with van der Waals surface area (Å²) in [6, 6.07) is 6.60. The lowest BCUT2D eigenvalue weighted by atomic mass is 10.2. The molecule has 0 aromatic heterocycles. The summed E-state index contributed by atoms with van der Waals surface area (Å²) in [4.78, 5) is 1.99. The standard InChI is InChI=1S/C11H10FN/c12-10-5-4-6-11(9-10)13-7-2-1-3-8-13/h1-7,9H,8H2. The van der Waals surface area contributed by atoms with Gasteiger partial charge in [0.05, 0.1) is 0 Å². The Balaban J connectivity index is 2.25. The number of allylic oxidation sites excluding steroid dienone is 2. The first-order chi connectivity index (χ1) is 6.36. The van der Waals surface area contributed by atoms with Gasteiger partial charge in [-0.15, -0.1) is 0 Å². The smallest absolute Gasteiger partial charge is 0.125 e. The second kappa shape index (κ2) is 3.44. The van der Waals surface area contributed by atoms with Gasteiger partial charge in [-0.2, -0.15) is 0 Å². The lowest BCUT2D eigenvalue weighted by Gasteiger charge is -2.20. The quantitative estimate of drug-likeness (QED) is 0.634. The van der Waals surface area contributed by atoms with Crippen molar-refractivity contribution in [3.63, 3.8) is 0 Å². The Morgan fingerprint density at radius 3 is 2.85 bits per heavy atom. The molecule has 13 heavy (non-hydrogen) atoms. The second-order valence-corrected chi connectivity index (χ2v) is 2.90. The zero-order valence-electron chi connectivity index (χ0n) is 7.15. The van der Waals surface area contributed by atoms with E-state index in [9.17, 15) is 4.39 Å². The van der Waals surface area contributed by atoms with Crippen molar-refractivity contribution in [1.82, 2.24) is 0 Å². The number of rotatable bonds is 1. The van der Waals surface area contributed by atoms with Crippen LogP contribution in [0.1, 0.15) is 0 Å². The van der Waals surface area contributed by atoms with Crippen LogP contribution >= 0.6 is 0 Å². The minimum absolute atomic E-state index is 0.194. The Morgan fingerprint density at radius 1 is 1.23 bits per heavy atom. The van der Waals surface area contributed by atoms with E-state index in [-0.39, 0.29) is 5.82 Å². The van der Waals surface area contributed by atoms with Gasteiger partial charge in [-0.1, -0.05) is 18.2 Å². The number of halogens is 1. The van der Waals surface area contributed by atoms with Crippen molar-refractivity contribution in [1.29, 1.82) is 0 Å². The first kappa shape index (κ1) is 8.05. The molecule has 1 heterocycles. The van der Waals surface area contributed by atoms with E-state index in [1.54, 1.807) is 6.07 Å². The molecule has 2 heteroatoms. The zero-order chi connectivity index (χ0) is 9.10.